The summed E-state index contributed by atoms with van der Waals surface area (Å²) >= 11 is 0. The number of carbonyl (C=O) groups is 1. The van der Waals surface area contributed by atoms with Gasteiger partial charge in [-0.1, -0.05) is 127 Å². The molecule has 0 fully saturated rings. The molecule has 0 rings (SSSR count). The van der Waals surface area contributed by atoms with Gasteiger partial charge in [0.1, 0.15) is 6.10 Å². The van der Waals surface area contributed by atoms with Gasteiger partial charge in [0, 0.05) is 19.6 Å². The number of unbranched alkanes of at least 4 members (excludes halogenated alkanes) is 12. The lowest BCUT2D eigenvalue weighted by Gasteiger charge is -2.20. The van der Waals surface area contributed by atoms with Crippen molar-refractivity contribution in [3.63, 3.8) is 0 Å². The van der Waals surface area contributed by atoms with Crippen LogP contribution >= 0.6 is 7.82 Å². The summed E-state index contributed by atoms with van der Waals surface area (Å²) in [6, 6.07) is 0. The number of hydrogen-bond donors (Lipinski definition) is 2. The Morgan fingerprint density at radius 1 is 0.689 bits per heavy atom. The van der Waals surface area contributed by atoms with Crippen molar-refractivity contribution in [3.8, 4) is 0 Å². The predicted molar refractivity (Wildman–Crippen MR) is 187 cm³/mol. The van der Waals surface area contributed by atoms with Crippen LogP contribution in [0.15, 0.2) is 48.6 Å². The lowest BCUT2D eigenvalue weighted by Crippen LogP contribution is -2.28. The van der Waals surface area contributed by atoms with Gasteiger partial charge in [0.15, 0.2) is 0 Å². The maximum atomic E-state index is 12.4. The standard InChI is InChI=1S/C36H66NO7P/c1-3-5-7-9-11-13-15-16-17-18-19-20-22-24-26-28-31-41-33-35(34-43-45(39,40)42-32-30-37)44-36(38)29-27-25-23-21-14-12-10-8-6-4-2/h5,7,11,13,16-17,19-20,35H,3-4,6,8-10,12,14-15,18,21-34,37H2,1-2H3,(H,39,40)/b7-5-,13-11-,17-16-,20-19-. The first-order valence-corrected chi connectivity index (χ1v) is 19.1. The highest BCUT2D eigenvalue weighted by molar-refractivity contribution is 7.47. The van der Waals surface area contributed by atoms with Crippen LogP contribution in [0, 0.1) is 0 Å². The lowest BCUT2D eigenvalue weighted by atomic mass is 10.1. The first kappa shape index (κ1) is 43.5. The van der Waals surface area contributed by atoms with E-state index in [2.05, 4.69) is 62.5 Å². The summed E-state index contributed by atoms with van der Waals surface area (Å²) in [4.78, 5) is 22.3. The Kier molecular flexibility index (Phi) is 32.7. The lowest BCUT2D eigenvalue weighted by molar-refractivity contribution is -0.154. The minimum absolute atomic E-state index is 0.0938. The molecule has 0 spiro atoms. The number of esters is 1. The molecule has 0 radical (unpaired) electrons. The van der Waals surface area contributed by atoms with Crippen LogP contribution in [0.4, 0.5) is 0 Å². The number of ether oxygens (including phenoxy) is 2. The first-order chi connectivity index (χ1) is 21.9. The van der Waals surface area contributed by atoms with Gasteiger partial charge < -0.3 is 20.1 Å². The maximum Gasteiger partial charge on any atom is 0.472 e. The molecule has 2 unspecified atom stereocenters. The van der Waals surface area contributed by atoms with Crippen molar-refractivity contribution < 1.29 is 32.8 Å². The zero-order chi connectivity index (χ0) is 33.1. The molecule has 8 nitrogen and oxygen atoms in total. The van der Waals surface area contributed by atoms with Crippen LogP contribution in [0.3, 0.4) is 0 Å². The van der Waals surface area contributed by atoms with Gasteiger partial charge in [0.2, 0.25) is 0 Å². The van der Waals surface area contributed by atoms with Gasteiger partial charge in [-0.25, -0.2) is 4.57 Å². The minimum Gasteiger partial charge on any atom is -0.457 e. The van der Waals surface area contributed by atoms with Gasteiger partial charge in [-0.3, -0.25) is 13.8 Å². The highest BCUT2D eigenvalue weighted by Crippen LogP contribution is 2.43. The summed E-state index contributed by atoms with van der Waals surface area (Å²) in [6.07, 6.45) is 37.0. The van der Waals surface area contributed by atoms with Crippen LogP contribution in [-0.4, -0.2) is 49.9 Å². The molecular weight excluding hydrogens is 589 g/mol. The Hall–Kier alpha value is -1.54. The largest absolute Gasteiger partial charge is 0.472 e. The van der Waals surface area contributed by atoms with Gasteiger partial charge in [0.05, 0.1) is 19.8 Å². The van der Waals surface area contributed by atoms with Gasteiger partial charge in [0.25, 0.3) is 0 Å². The van der Waals surface area contributed by atoms with Crippen LogP contribution in [-0.2, 0) is 27.9 Å². The van der Waals surface area contributed by atoms with Crippen LogP contribution in [0.1, 0.15) is 136 Å². The van der Waals surface area contributed by atoms with E-state index in [9.17, 15) is 14.3 Å². The van der Waals surface area contributed by atoms with Gasteiger partial charge >= 0.3 is 13.8 Å². The molecule has 0 bridgehead atoms. The second-order valence-electron chi connectivity index (χ2n) is 11.4. The Balaban J connectivity index is 4.18. The number of allylic oxidation sites excluding steroid dienone is 8. The molecular formula is C36H66NO7P. The summed E-state index contributed by atoms with van der Waals surface area (Å²) in [7, 11) is -4.27. The zero-order valence-electron chi connectivity index (χ0n) is 28.6. The fourth-order valence-corrected chi connectivity index (χ4v) is 5.22. The molecule has 9 heteroatoms. The van der Waals surface area contributed by atoms with Gasteiger partial charge in [-0.05, 0) is 51.4 Å². The van der Waals surface area contributed by atoms with Gasteiger partial charge in [-0.15, -0.1) is 0 Å². The third-order valence-electron chi connectivity index (χ3n) is 7.01. The average molecular weight is 656 g/mol. The van der Waals surface area contributed by atoms with Crippen LogP contribution < -0.4 is 5.73 Å². The third kappa shape index (κ3) is 33.6. The Bertz CT molecular complexity index is 828. The maximum absolute atomic E-state index is 12.4. The number of phosphoric acid groups is 1. The number of phosphoric ester groups is 1. The first-order valence-electron chi connectivity index (χ1n) is 17.6. The molecule has 0 heterocycles. The molecule has 2 atom stereocenters. The normalized spacial score (nSPS) is 14.3. The van der Waals surface area contributed by atoms with E-state index in [1.165, 1.54) is 44.9 Å². The van der Waals surface area contributed by atoms with Crippen molar-refractivity contribution in [2.75, 3.05) is 33.0 Å². The molecule has 0 aromatic carbocycles. The molecule has 0 aliphatic carbocycles. The second kappa shape index (κ2) is 33.8. The summed E-state index contributed by atoms with van der Waals surface area (Å²) in [5.41, 5.74) is 5.34. The topological polar surface area (TPSA) is 117 Å². The molecule has 0 aliphatic heterocycles. The molecule has 0 aromatic heterocycles. The van der Waals surface area contributed by atoms with Crippen LogP contribution in [0.5, 0.6) is 0 Å². The van der Waals surface area contributed by atoms with E-state index in [4.69, 9.17) is 24.3 Å². The molecule has 45 heavy (non-hydrogen) atoms. The SMILES string of the molecule is CC/C=C\C/C=C\C/C=C\C/C=C\CCCCCOCC(COP(=O)(O)OCCN)OC(=O)CCCCCCCCCCCC. The Morgan fingerprint density at radius 3 is 1.84 bits per heavy atom. The fraction of sp³-hybridized carbons (Fsp3) is 0.750. The van der Waals surface area contributed by atoms with E-state index < -0.39 is 13.9 Å². The quantitative estimate of drug-likeness (QED) is 0.0311. The molecule has 3 N–H and O–H groups in total. The summed E-state index contributed by atoms with van der Waals surface area (Å²) in [6.45, 7) is 4.69. The molecule has 0 aliphatic rings. The van der Waals surface area contributed by atoms with E-state index in [-0.39, 0.29) is 32.3 Å². The average Bonchev–Trinajstić information content (AvgIpc) is 3.02. The van der Waals surface area contributed by atoms with E-state index in [0.717, 1.165) is 70.6 Å². The number of nitrogens with two attached hydrogens (primary N) is 1. The molecule has 0 amide bonds. The highest BCUT2D eigenvalue weighted by atomic mass is 31.2. The van der Waals surface area contributed by atoms with Crippen molar-refractivity contribution in [2.45, 2.75) is 142 Å². The predicted octanol–water partition coefficient (Wildman–Crippen LogP) is 9.68. The second-order valence-corrected chi connectivity index (χ2v) is 12.8. The van der Waals surface area contributed by atoms with Crippen LogP contribution in [0.25, 0.3) is 0 Å². The summed E-state index contributed by atoms with van der Waals surface area (Å²) in [5.74, 6) is -0.347. The van der Waals surface area contributed by atoms with Crippen molar-refractivity contribution >= 4 is 13.8 Å². The smallest absolute Gasteiger partial charge is 0.457 e. The number of rotatable bonds is 33. The van der Waals surface area contributed by atoms with Crippen molar-refractivity contribution in [1.29, 1.82) is 0 Å². The van der Waals surface area contributed by atoms with Crippen molar-refractivity contribution in [2.24, 2.45) is 5.73 Å². The van der Waals surface area contributed by atoms with Crippen molar-refractivity contribution in [1.82, 2.24) is 0 Å². The number of hydrogen-bond acceptors (Lipinski definition) is 7. The molecule has 0 saturated carbocycles. The monoisotopic (exact) mass is 655 g/mol. The van der Waals surface area contributed by atoms with Crippen molar-refractivity contribution in [3.05, 3.63) is 48.6 Å². The molecule has 0 aromatic rings. The van der Waals surface area contributed by atoms with E-state index in [0.29, 0.717) is 13.0 Å². The minimum atomic E-state index is -4.27. The van der Waals surface area contributed by atoms with Gasteiger partial charge in [-0.2, -0.15) is 0 Å². The van der Waals surface area contributed by atoms with Crippen LogP contribution in [0.2, 0.25) is 0 Å². The summed E-state index contributed by atoms with van der Waals surface area (Å²) in [5, 5.41) is 0. The summed E-state index contributed by atoms with van der Waals surface area (Å²) < 4.78 is 33.1. The fourth-order valence-electron chi connectivity index (χ4n) is 4.46. The van der Waals surface area contributed by atoms with E-state index in [1.54, 1.807) is 0 Å². The molecule has 262 valence electrons. The highest BCUT2D eigenvalue weighted by Gasteiger charge is 2.25. The Morgan fingerprint density at radius 2 is 1.24 bits per heavy atom. The Labute approximate surface area is 275 Å². The van der Waals surface area contributed by atoms with E-state index in [1.807, 2.05) is 0 Å². The van der Waals surface area contributed by atoms with E-state index >= 15 is 0 Å². The zero-order valence-corrected chi connectivity index (χ0v) is 29.5. The third-order valence-corrected chi connectivity index (χ3v) is 7.99. The molecule has 0 saturated heterocycles. The number of carbonyl (C=O) groups excluding carboxylic acids is 1.